The maximum atomic E-state index is 8.67. The molecule has 1 saturated heterocycles. The number of ether oxygens (including phenoxy) is 1. The molecule has 0 aromatic heterocycles. The number of nitrogens with zero attached hydrogens (tertiary/aromatic N) is 2. The van der Waals surface area contributed by atoms with Crippen molar-refractivity contribution in [2.24, 2.45) is 10.9 Å². The summed E-state index contributed by atoms with van der Waals surface area (Å²) in [6, 6.07) is 5.82. The van der Waals surface area contributed by atoms with Gasteiger partial charge in [0.25, 0.3) is 0 Å². The number of anilines is 1. The monoisotopic (exact) mass is 249 g/mol. The molecule has 0 spiro atoms. The van der Waals surface area contributed by atoms with Gasteiger partial charge in [-0.2, -0.15) is 0 Å². The summed E-state index contributed by atoms with van der Waals surface area (Å²) in [7, 11) is 0. The smallest absolute Gasteiger partial charge is 0.170 e. The first-order chi connectivity index (χ1) is 8.61. The van der Waals surface area contributed by atoms with Crippen molar-refractivity contribution < 1.29 is 9.94 Å². The Labute approximate surface area is 107 Å². The van der Waals surface area contributed by atoms with Gasteiger partial charge in [0, 0.05) is 24.3 Å². The van der Waals surface area contributed by atoms with Gasteiger partial charge in [-0.25, -0.2) is 0 Å². The maximum absolute atomic E-state index is 8.67. The maximum Gasteiger partial charge on any atom is 0.170 e. The van der Waals surface area contributed by atoms with Crippen molar-refractivity contribution in [1.29, 1.82) is 0 Å². The molecule has 0 radical (unpaired) electrons. The van der Waals surface area contributed by atoms with Crippen LogP contribution in [0.15, 0.2) is 23.4 Å². The van der Waals surface area contributed by atoms with Crippen LogP contribution in [0, 0.1) is 6.92 Å². The van der Waals surface area contributed by atoms with Crippen LogP contribution in [0.2, 0.25) is 0 Å². The van der Waals surface area contributed by atoms with Crippen LogP contribution in [-0.4, -0.2) is 36.8 Å². The van der Waals surface area contributed by atoms with Crippen molar-refractivity contribution in [2.45, 2.75) is 20.0 Å². The summed E-state index contributed by atoms with van der Waals surface area (Å²) in [5, 5.41) is 11.7. The van der Waals surface area contributed by atoms with Gasteiger partial charge in [-0.3, -0.25) is 0 Å². The number of rotatable bonds is 2. The van der Waals surface area contributed by atoms with Crippen molar-refractivity contribution in [3.63, 3.8) is 0 Å². The number of amidine groups is 1. The molecular formula is C13H19N3O2. The van der Waals surface area contributed by atoms with Crippen molar-refractivity contribution in [3.05, 3.63) is 29.3 Å². The van der Waals surface area contributed by atoms with Crippen LogP contribution in [0.4, 0.5) is 5.69 Å². The molecule has 5 heteroatoms. The molecule has 18 heavy (non-hydrogen) atoms. The average molecular weight is 249 g/mol. The Balaban J connectivity index is 2.24. The number of aryl methyl sites for hydroxylation is 1. The molecule has 1 aliphatic rings. The zero-order valence-electron chi connectivity index (χ0n) is 10.8. The highest BCUT2D eigenvalue weighted by molar-refractivity contribution is 5.97. The summed E-state index contributed by atoms with van der Waals surface area (Å²) in [6.07, 6.45) is 0.252. The SMILES string of the molecule is Cc1cc(/C(N)=N/O)ccc1N1CCOC(C)C1. The Bertz CT molecular complexity index is 460. The number of oxime groups is 1. The van der Waals surface area contributed by atoms with E-state index < -0.39 is 0 Å². The fraction of sp³-hybridized carbons (Fsp3) is 0.462. The lowest BCUT2D eigenvalue weighted by Gasteiger charge is -2.34. The number of hydrogen-bond acceptors (Lipinski definition) is 4. The minimum atomic E-state index is 0.139. The third-order valence-corrected chi connectivity index (χ3v) is 3.18. The topological polar surface area (TPSA) is 71.1 Å². The second-order valence-corrected chi connectivity index (χ2v) is 4.61. The molecule has 0 bridgehead atoms. The summed E-state index contributed by atoms with van der Waals surface area (Å²) >= 11 is 0. The molecule has 1 unspecified atom stereocenters. The lowest BCUT2D eigenvalue weighted by atomic mass is 10.1. The molecule has 1 atom stereocenters. The van der Waals surface area contributed by atoms with Crippen LogP contribution in [0.5, 0.6) is 0 Å². The van der Waals surface area contributed by atoms with Crippen LogP contribution in [0.3, 0.4) is 0 Å². The first-order valence-electron chi connectivity index (χ1n) is 6.07. The van der Waals surface area contributed by atoms with Gasteiger partial charge in [0.15, 0.2) is 5.84 Å². The quantitative estimate of drug-likeness (QED) is 0.359. The van der Waals surface area contributed by atoms with E-state index in [1.54, 1.807) is 0 Å². The zero-order valence-corrected chi connectivity index (χ0v) is 10.8. The molecule has 1 aliphatic heterocycles. The number of morpholine rings is 1. The fourth-order valence-corrected chi connectivity index (χ4v) is 2.26. The second-order valence-electron chi connectivity index (χ2n) is 4.61. The number of benzene rings is 1. The summed E-state index contributed by atoms with van der Waals surface area (Å²) in [6.45, 7) is 6.65. The molecule has 0 aliphatic carbocycles. The van der Waals surface area contributed by atoms with E-state index in [0.29, 0.717) is 0 Å². The van der Waals surface area contributed by atoms with Crippen LogP contribution < -0.4 is 10.6 Å². The molecule has 1 aromatic rings. The number of nitrogens with two attached hydrogens (primary N) is 1. The minimum absolute atomic E-state index is 0.139. The molecular weight excluding hydrogens is 230 g/mol. The Hall–Kier alpha value is -1.75. The largest absolute Gasteiger partial charge is 0.409 e. The molecule has 0 saturated carbocycles. The van der Waals surface area contributed by atoms with E-state index in [4.69, 9.17) is 15.7 Å². The van der Waals surface area contributed by atoms with Crippen molar-refractivity contribution in [3.8, 4) is 0 Å². The molecule has 3 N–H and O–H groups in total. The van der Waals surface area contributed by atoms with Gasteiger partial charge in [0.2, 0.25) is 0 Å². The summed E-state index contributed by atoms with van der Waals surface area (Å²) in [4.78, 5) is 2.31. The fourth-order valence-electron chi connectivity index (χ4n) is 2.26. The Morgan fingerprint density at radius 3 is 2.94 bits per heavy atom. The summed E-state index contributed by atoms with van der Waals surface area (Å²) < 4.78 is 5.53. The normalized spacial score (nSPS) is 21.1. The van der Waals surface area contributed by atoms with Crippen molar-refractivity contribution in [1.82, 2.24) is 0 Å². The highest BCUT2D eigenvalue weighted by Crippen LogP contribution is 2.23. The van der Waals surface area contributed by atoms with Crippen molar-refractivity contribution >= 4 is 11.5 Å². The van der Waals surface area contributed by atoms with Crippen LogP contribution in [0.25, 0.3) is 0 Å². The van der Waals surface area contributed by atoms with E-state index in [1.165, 1.54) is 5.69 Å². The minimum Gasteiger partial charge on any atom is -0.409 e. The predicted octanol–water partition coefficient (Wildman–Crippen LogP) is 1.31. The van der Waals surface area contributed by atoms with E-state index in [2.05, 4.69) is 17.0 Å². The molecule has 1 fully saturated rings. The van der Waals surface area contributed by atoms with Gasteiger partial charge in [-0.15, -0.1) is 0 Å². The Kier molecular flexibility index (Phi) is 3.72. The first kappa shape index (κ1) is 12.7. The van der Waals surface area contributed by atoms with Crippen LogP contribution in [0.1, 0.15) is 18.1 Å². The Morgan fingerprint density at radius 2 is 2.33 bits per heavy atom. The van der Waals surface area contributed by atoms with Gasteiger partial charge >= 0.3 is 0 Å². The van der Waals surface area contributed by atoms with E-state index in [-0.39, 0.29) is 11.9 Å². The van der Waals surface area contributed by atoms with Gasteiger partial charge in [-0.05, 0) is 37.6 Å². The second kappa shape index (κ2) is 5.27. The standard InChI is InChI=1S/C13H19N3O2/c1-9-7-11(13(14)15-17)3-4-12(9)16-5-6-18-10(2)8-16/h3-4,7,10,17H,5-6,8H2,1-2H3,(H2,14,15). The predicted molar refractivity (Wildman–Crippen MR) is 71.3 cm³/mol. The highest BCUT2D eigenvalue weighted by Gasteiger charge is 2.18. The van der Waals surface area contributed by atoms with Crippen LogP contribution in [-0.2, 0) is 4.74 Å². The van der Waals surface area contributed by atoms with E-state index >= 15 is 0 Å². The third-order valence-electron chi connectivity index (χ3n) is 3.18. The molecule has 1 heterocycles. The summed E-state index contributed by atoms with van der Waals surface area (Å²) in [5.41, 5.74) is 8.62. The zero-order chi connectivity index (χ0) is 13.1. The summed E-state index contributed by atoms with van der Waals surface area (Å²) in [5.74, 6) is 0.139. The molecule has 5 nitrogen and oxygen atoms in total. The average Bonchev–Trinajstić information content (AvgIpc) is 2.37. The van der Waals surface area contributed by atoms with E-state index in [0.717, 1.165) is 30.8 Å². The van der Waals surface area contributed by atoms with Crippen molar-refractivity contribution in [2.75, 3.05) is 24.6 Å². The van der Waals surface area contributed by atoms with Gasteiger partial charge in [-0.1, -0.05) is 5.16 Å². The lowest BCUT2D eigenvalue weighted by Crippen LogP contribution is -2.41. The van der Waals surface area contributed by atoms with Crippen LogP contribution >= 0.6 is 0 Å². The molecule has 2 rings (SSSR count). The van der Waals surface area contributed by atoms with Gasteiger partial charge < -0.3 is 20.6 Å². The molecule has 1 aromatic carbocycles. The van der Waals surface area contributed by atoms with Gasteiger partial charge in [0.1, 0.15) is 0 Å². The lowest BCUT2D eigenvalue weighted by molar-refractivity contribution is 0.0532. The Morgan fingerprint density at radius 1 is 1.56 bits per heavy atom. The first-order valence-corrected chi connectivity index (χ1v) is 6.07. The molecule has 98 valence electrons. The highest BCUT2D eigenvalue weighted by atomic mass is 16.5. The molecule has 0 amide bonds. The number of hydrogen-bond donors (Lipinski definition) is 2. The van der Waals surface area contributed by atoms with E-state index in [1.807, 2.05) is 25.1 Å². The third kappa shape index (κ3) is 2.56. The van der Waals surface area contributed by atoms with E-state index in [9.17, 15) is 0 Å². The van der Waals surface area contributed by atoms with Gasteiger partial charge in [0.05, 0.1) is 12.7 Å².